The van der Waals surface area contributed by atoms with Gasteiger partial charge in [-0.2, -0.15) is 0 Å². The minimum absolute atomic E-state index is 0.0454. The van der Waals surface area contributed by atoms with Gasteiger partial charge in [0.15, 0.2) is 0 Å². The number of aliphatic hydroxyl groups excluding tert-OH is 2. The van der Waals surface area contributed by atoms with Crippen molar-refractivity contribution in [2.75, 3.05) is 6.61 Å². The molecule has 3 saturated carbocycles. The third-order valence-corrected chi connectivity index (χ3v) is 7.73. The highest BCUT2D eigenvalue weighted by Gasteiger charge is 2.61. The monoisotopic (exact) mass is 320 g/mol. The van der Waals surface area contributed by atoms with Gasteiger partial charge in [-0.25, -0.2) is 0 Å². The summed E-state index contributed by atoms with van der Waals surface area (Å²) in [6, 6.07) is 0. The maximum absolute atomic E-state index is 12.9. The lowest BCUT2D eigenvalue weighted by atomic mass is 9.42. The molecule has 0 saturated heterocycles. The van der Waals surface area contributed by atoms with Gasteiger partial charge in [0.1, 0.15) is 5.78 Å². The van der Waals surface area contributed by atoms with Crippen LogP contribution in [-0.2, 0) is 4.79 Å². The van der Waals surface area contributed by atoms with Crippen molar-refractivity contribution >= 4 is 5.78 Å². The average Bonchev–Trinajstić information content (AvgIpc) is 2.49. The van der Waals surface area contributed by atoms with Gasteiger partial charge >= 0.3 is 0 Å². The SMILES string of the molecule is C=C[C@@]1(C)CC[C@H]2[C@H](C1)C(=O)C[C@@H]1[C@](C)(CO)C[C@H](O)C[C@]12C. The van der Waals surface area contributed by atoms with Crippen LogP contribution >= 0.6 is 0 Å². The third kappa shape index (κ3) is 2.51. The van der Waals surface area contributed by atoms with Crippen LogP contribution in [0.1, 0.15) is 59.3 Å². The van der Waals surface area contributed by atoms with Gasteiger partial charge in [-0.15, -0.1) is 6.58 Å². The number of rotatable bonds is 2. The molecule has 0 amide bonds. The minimum Gasteiger partial charge on any atom is -0.396 e. The van der Waals surface area contributed by atoms with E-state index >= 15 is 0 Å². The summed E-state index contributed by atoms with van der Waals surface area (Å²) in [5, 5.41) is 20.5. The van der Waals surface area contributed by atoms with E-state index in [1.165, 1.54) is 0 Å². The molecule has 3 aliphatic rings. The first-order valence-corrected chi connectivity index (χ1v) is 9.13. The van der Waals surface area contributed by atoms with Crippen LogP contribution in [-0.4, -0.2) is 28.7 Å². The van der Waals surface area contributed by atoms with E-state index < -0.39 is 0 Å². The molecule has 3 aliphatic carbocycles. The fourth-order valence-electron chi connectivity index (χ4n) is 6.36. The molecule has 23 heavy (non-hydrogen) atoms. The maximum atomic E-state index is 12.9. The van der Waals surface area contributed by atoms with Gasteiger partial charge in [-0.3, -0.25) is 4.79 Å². The number of hydrogen-bond donors (Lipinski definition) is 2. The normalized spacial score (nSPS) is 53.3. The summed E-state index contributed by atoms with van der Waals surface area (Å²) in [6.07, 6.45) is 6.60. The molecule has 7 atom stereocenters. The van der Waals surface area contributed by atoms with Gasteiger partial charge in [0.2, 0.25) is 0 Å². The van der Waals surface area contributed by atoms with E-state index in [-0.39, 0.29) is 40.8 Å². The number of carbonyl (C=O) groups excluding carboxylic acids is 1. The van der Waals surface area contributed by atoms with Crippen molar-refractivity contribution < 1.29 is 15.0 Å². The molecule has 0 unspecified atom stereocenters. The first-order valence-electron chi connectivity index (χ1n) is 9.13. The van der Waals surface area contributed by atoms with Crippen LogP contribution in [0.3, 0.4) is 0 Å². The Kier molecular flexibility index (Phi) is 4.04. The Bertz CT molecular complexity index is 515. The van der Waals surface area contributed by atoms with E-state index in [0.29, 0.717) is 24.5 Å². The number of allylic oxidation sites excluding steroid dienone is 1. The maximum Gasteiger partial charge on any atom is 0.136 e. The summed E-state index contributed by atoms with van der Waals surface area (Å²) in [6.45, 7) is 10.6. The van der Waals surface area contributed by atoms with Crippen molar-refractivity contribution in [2.24, 2.45) is 34.0 Å². The number of carbonyl (C=O) groups is 1. The van der Waals surface area contributed by atoms with Gasteiger partial charge in [-0.1, -0.05) is 26.8 Å². The van der Waals surface area contributed by atoms with Crippen LogP contribution in [0.2, 0.25) is 0 Å². The highest BCUT2D eigenvalue weighted by molar-refractivity contribution is 5.83. The summed E-state index contributed by atoms with van der Waals surface area (Å²) in [5.74, 6) is 0.996. The van der Waals surface area contributed by atoms with E-state index in [2.05, 4.69) is 27.4 Å². The summed E-state index contributed by atoms with van der Waals surface area (Å²) in [4.78, 5) is 12.9. The Balaban J connectivity index is 1.98. The molecule has 3 fully saturated rings. The Hall–Kier alpha value is -0.670. The lowest BCUT2D eigenvalue weighted by Crippen LogP contribution is -2.60. The predicted molar refractivity (Wildman–Crippen MR) is 90.8 cm³/mol. The van der Waals surface area contributed by atoms with E-state index in [1.54, 1.807) is 0 Å². The summed E-state index contributed by atoms with van der Waals surface area (Å²) < 4.78 is 0. The molecule has 130 valence electrons. The Morgan fingerprint density at radius 1 is 1.26 bits per heavy atom. The van der Waals surface area contributed by atoms with Gasteiger partial charge in [0.25, 0.3) is 0 Å². The first-order chi connectivity index (χ1) is 10.7. The van der Waals surface area contributed by atoms with Crippen LogP contribution in [0, 0.1) is 34.0 Å². The summed E-state index contributed by atoms with van der Waals surface area (Å²) >= 11 is 0. The van der Waals surface area contributed by atoms with Crippen molar-refractivity contribution in [1.82, 2.24) is 0 Å². The molecule has 0 heterocycles. The zero-order valence-corrected chi connectivity index (χ0v) is 14.8. The van der Waals surface area contributed by atoms with Crippen LogP contribution in [0.25, 0.3) is 0 Å². The molecule has 0 aromatic rings. The number of ketones is 1. The van der Waals surface area contributed by atoms with Gasteiger partial charge in [0.05, 0.1) is 6.10 Å². The fourth-order valence-corrected chi connectivity index (χ4v) is 6.36. The van der Waals surface area contributed by atoms with Crippen molar-refractivity contribution in [2.45, 2.75) is 65.4 Å². The average molecular weight is 320 g/mol. The second-order valence-electron chi connectivity index (χ2n) is 9.42. The number of Topliss-reactive ketones (excluding diaryl/α,β-unsaturated/α-hetero) is 1. The molecule has 0 bridgehead atoms. The topological polar surface area (TPSA) is 57.5 Å². The largest absolute Gasteiger partial charge is 0.396 e. The Labute approximate surface area is 140 Å². The molecule has 0 aromatic carbocycles. The number of aliphatic hydroxyl groups is 2. The van der Waals surface area contributed by atoms with E-state index in [0.717, 1.165) is 25.7 Å². The van der Waals surface area contributed by atoms with E-state index in [4.69, 9.17) is 0 Å². The zero-order valence-electron chi connectivity index (χ0n) is 14.8. The van der Waals surface area contributed by atoms with Crippen LogP contribution in [0.15, 0.2) is 12.7 Å². The zero-order chi connectivity index (χ0) is 17.0. The predicted octanol–water partition coefficient (Wildman–Crippen LogP) is 3.34. The molecule has 0 spiro atoms. The Morgan fingerprint density at radius 3 is 2.57 bits per heavy atom. The number of hydrogen-bond acceptors (Lipinski definition) is 3. The quantitative estimate of drug-likeness (QED) is 0.767. The van der Waals surface area contributed by atoms with Crippen molar-refractivity contribution in [3.63, 3.8) is 0 Å². The van der Waals surface area contributed by atoms with E-state index in [1.807, 2.05) is 6.08 Å². The summed E-state index contributed by atoms with van der Waals surface area (Å²) in [7, 11) is 0. The fraction of sp³-hybridized carbons (Fsp3) is 0.850. The standard InChI is InChI=1S/C20H32O3/c1-5-18(2)7-6-15-14(11-18)16(23)8-17-19(3,12-21)9-13(22)10-20(15,17)4/h5,13-15,17,21-22H,1,6-12H2,2-4H3/t13-,14-,15-,17+,18-,19-,20-/m0/s1. The molecule has 0 aliphatic heterocycles. The second-order valence-corrected chi connectivity index (χ2v) is 9.42. The third-order valence-electron chi connectivity index (χ3n) is 7.73. The lowest BCUT2D eigenvalue weighted by molar-refractivity contribution is -0.177. The van der Waals surface area contributed by atoms with Gasteiger partial charge in [-0.05, 0) is 60.2 Å². The highest BCUT2D eigenvalue weighted by Crippen LogP contribution is 2.64. The van der Waals surface area contributed by atoms with Crippen molar-refractivity contribution in [1.29, 1.82) is 0 Å². The summed E-state index contributed by atoms with van der Waals surface area (Å²) in [5.41, 5.74) is -0.323. The van der Waals surface area contributed by atoms with E-state index in [9.17, 15) is 15.0 Å². The van der Waals surface area contributed by atoms with Crippen molar-refractivity contribution in [3.8, 4) is 0 Å². The van der Waals surface area contributed by atoms with Crippen LogP contribution < -0.4 is 0 Å². The minimum atomic E-state index is -0.366. The van der Waals surface area contributed by atoms with Crippen LogP contribution in [0.5, 0.6) is 0 Å². The first kappa shape index (κ1) is 17.2. The molecule has 3 nitrogen and oxygen atoms in total. The molecular formula is C20H32O3. The molecule has 3 rings (SSSR count). The van der Waals surface area contributed by atoms with Crippen molar-refractivity contribution in [3.05, 3.63) is 12.7 Å². The Morgan fingerprint density at radius 2 is 1.96 bits per heavy atom. The van der Waals surface area contributed by atoms with Crippen LogP contribution in [0.4, 0.5) is 0 Å². The molecule has 2 N–H and O–H groups in total. The highest BCUT2D eigenvalue weighted by atomic mass is 16.3. The number of fused-ring (bicyclic) bond motifs is 3. The smallest absolute Gasteiger partial charge is 0.136 e. The second kappa shape index (κ2) is 5.42. The van der Waals surface area contributed by atoms with Gasteiger partial charge < -0.3 is 10.2 Å². The lowest BCUT2D eigenvalue weighted by Gasteiger charge is -2.62. The molecule has 3 heteroatoms. The molecule has 0 radical (unpaired) electrons. The molecular weight excluding hydrogens is 288 g/mol. The molecule has 0 aromatic heterocycles. The van der Waals surface area contributed by atoms with Gasteiger partial charge in [0, 0.05) is 18.9 Å².